The third kappa shape index (κ3) is 4.91. The number of pyridine rings is 1. The lowest BCUT2D eigenvalue weighted by Gasteiger charge is -2.21. The van der Waals surface area contributed by atoms with E-state index in [2.05, 4.69) is 10.3 Å². The first-order chi connectivity index (χ1) is 13.2. The first-order valence-corrected chi connectivity index (χ1v) is 8.94. The Morgan fingerprint density at radius 1 is 1.07 bits per heavy atom. The lowest BCUT2D eigenvalue weighted by Crippen LogP contribution is -2.31. The Hall–Kier alpha value is -3.21. The van der Waals surface area contributed by atoms with Crippen LogP contribution in [-0.4, -0.2) is 22.3 Å². The first-order valence-electron chi connectivity index (χ1n) is 8.94. The fourth-order valence-electron chi connectivity index (χ4n) is 2.79. The van der Waals surface area contributed by atoms with Gasteiger partial charge in [0.05, 0.1) is 0 Å². The summed E-state index contributed by atoms with van der Waals surface area (Å²) in [5.74, 6) is -0.383. The van der Waals surface area contributed by atoms with Gasteiger partial charge in [0.1, 0.15) is 11.5 Å². The molecule has 0 bridgehead atoms. The summed E-state index contributed by atoms with van der Waals surface area (Å²) in [6.07, 6.45) is 1.59. The second-order valence-corrected chi connectivity index (χ2v) is 6.18. The van der Waals surface area contributed by atoms with Gasteiger partial charge in [-0.05, 0) is 30.7 Å². The Morgan fingerprint density at radius 2 is 1.81 bits per heavy atom. The van der Waals surface area contributed by atoms with E-state index in [1.54, 1.807) is 41.4 Å². The van der Waals surface area contributed by atoms with E-state index in [4.69, 9.17) is 0 Å². The number of amides is 1. The number of anilines is 1. The summed E-state index contributed by atoms with van der Waals surface area (Å²) >= 11 is 0. The van der Waals surface area contributed by atoms with Gasteiger partial charge >= 0.3 is 0 Å². The minimum atomic E-state index is -0.254. The molecular weight excluding hydrogens is 341 g/mol. The average molecular weight is 363 g/mol. The maximum Gasteiger partial charge on any atom is 0.272 e. The van der Waals surface area contributed by atoms with Crippen LogP contribution in [0.4, 0.5) is 10.1 Å². The molecule has 1 heterocycles. The van der Waals surface area contributed by atoms with E-state index in [1.807, 2.05) is 37.3 Å². The number of hydrogen-bond acceptors (Lipinski definition) is 3. The van der Waals surface area contributed by atoms with Crippen molar-refractivity contribution in [3.8, 4) is 0 Å². The van der Waals surface area contributed by atoms with Crippen molar-refractivity contribution < 1.29 is 9.18 Å². The summed E-state index contributed by atoms with van der Waals surface area (Å²) in [5, 5.41) is 3.15. The molecule has 1 amide bonds. The lowest BCUT2D eigenvalue weighted by molar-refractivity contribution is 0.0746. The highest BCUT2D eigenvalue weighted by atomic mass is 19.1. The van der Waals surface area contributed by atoms with Gasteiger partial charge in [-0.15, -0.1) is 0 Å². The highest BCUT2D eigenvalue weighted by Crippen LogP contribution is 2.15. The van der Waals surface area contributed by atoms with Crippen LogP contribution in [0.5, 0.6) is 0 Å². The van der Waals surface area contributed by atoms with Gasteiger partial charge in [0.15, 0.2) is 0 Å². The largest absolute Gasteiger partial charge is 0.381 e. The molecule has 3 rings (SSSR count). The lowest BCUT2D eigenvalue weighted by atomic mass is 10.2. The molecule has 2 aromatic carbocycles. The Bertz CT molecular complexity index is 899. The van der Waals surface area contributed by atoms with Crippen LogP contribution in [0, 0.1) is 5.82 Å². The van der Waals surface area contributed by atoms with Crippen LogP contribution in [0.15, 0.2) is 72.9 Å². The van der Waals surface area contributed by atoms with E-state index in [-0.39, 0.29) is 11.7 Å². The number of nitrogens with zero attached hydrogens (tertiary/aromatic N) is 2. The van der Waals surface area contributed by atoms with Crippen LogP contribution < -0.4 is 5.32 Å². The second kappa shape index (κ2) is 8.94. The fourth-order valence-corrected chi connectivity index (χ4v) is 2.79. The summed E-state index contributed by atoms with van der Waals surface area (Å²) in [6, 6.07) is 20.0. The Morgan fingerprint density at radius 3 is 2.56 bits per heavy atom. The number of carbonyl (C=O) groups excluding carboxylic acids is 1. The highest BCUT2D eigenvalue weighted by Gasteiger charge is 2.16. The maximum atomic E-state index is 13.7. The topological polar surface area (TPSA) is 45.2 Å². The zero-order chi connectivity index (χ0) is 19.1. The number of rotatable bonds is 7. The molecule has 0 radical (unpaired) electrons. The zero-order valence-corrected chi connectivity index (χ0v) is 15.2. The SMILES string of the molecule is CCN(Cc1ccccc1)C(=O)c1cc(NCc2ccccc2F)ccn1. The zero-order valence-electron chi connectivity index (χ0n) is 15.2. The number of aromatic nitrogens is 1. The van der Waals surface area contributed by atoms with Gasteiger partial charge in [-0.1, -0.05) is 48.5 Å². The van der Waals surface area contributed by atoms with Crippen molar-refractivity contribution in [1.29, 1.82) is 0 Å². The van der Waals surface area contributed by atoms with Crippen molar-refractivity contribution in [3.63, 3.8) is 0 Å². The van der Waals surface area contributed by atoms with Gasteiger partial charge in [0.25, 0.3) is 5.91 Å². The maximum absolute atomic E-state index is 13.7. The number of carbonyl (C=O) groups is 1. The molecule has 4 nitrogen and oxygen atoms in total. The summed E-state index contributed by atoms with van der Waals surface area (Å²) in [6.45, 7) is 3.40. The molecule has 0 aliphatic carbocycles. The minimum absolute atomic E-state index is 0.129. The van der Waals surface area contributed by atoms with Gasteiger partial charge in [-0.2, -0.15) is 0 Å². The van der Waals surface area contributed by atoms with Crippen molar-refractivity contribution in [2.75, 3.05) is 11.9 Å². The molecule has 1 aromatic heterocycles. The molecule has 0 fully saturated rings. The van der Waals surface area contributed by atoms with Crippen molar-refractivity contribution in [2.24, 2.45) is 0 Å². The summed E-state index contributed by atoms with van der Waals surface area (Å²) in [5.41, 5.74) is 2.74. The molecule has 1 N–H and O–H groups in total. The molecule has 0 aliphatic rings. The Labute approximate surface area is 158 Å². The van der Waals surface area contributed by atoms with Crippen LogP contribution in [0.2, 0.25) is 0 Å². The monoisotopic (exact) mass is 363 g/mol. The highest BCUT2D eigenvalue weighted by molar-refractivity contribution is 5.93. The number of halogens is 1. The molecule has 27 heavy (non-hydrogen) atoms. The number of benzene rings is 2. The molecule has 0 spiro atoms. The quantitative estimate of drug-likeness (QED) is 0.672. The third-order valence-corrected chi connectivity index (χ3v) is 4.31. The predicted molar refractivity (Wildman–Crippen MR) is 105 cm³/mol. The van der Waals surface area contributed by atoms with E-state index in [9.17, 15) is 9.18 Å². The molecule has 0 unspecified atom stereocenters. The van der Waals surface area contributed by atoms with Crippen LogP contribution in [0.25, 0.3) is 0 Å². The van der Waals surface area contributed by atoms with Gasteiger partial charge in [-0.25, -0.2) is 4.39 Å². The van der Waals surface area contributed by atoms with Gasteiger partial charge < -0.3 is 10.2 Å². The fraction of sp³-hybridized carbons (Fsp3) is 0.182. The van der Waals surface area contributed by atoms with E-state index in [0.29, 0.717) is 30.9 Å². The molecule has 138 valence electrons. The molecule has 0 atom stereocenters. The standard InChI is InChI=1S/C22H22FN3O/c1-2-26(16-17-8-4-3-5-9-17)22(27)21-14-19(12-13-24-21)25-15-18-10-6-7-11-20(18)23/h3-14H,2,15-16H2,1H3,(H,24,25). The van der Waals surface area contributed by atoms with Crippen LogP contribution in [-0.2, 0) is 13.1 Å². The molecule has 5 heteroatoms. The van der Waals surface area contributed by atoms with Crippen molar-refractivity contribution in [1.82, 2.24) is 9.88 Å². The van der Waals surface area contributed by atoms with E-state index >= 15 is 0 Å². The van der Waals surface area contributed by atoms with Gasteiger partial charge in [0.2, 0.25) is 0 Å². The van der Waals surface area contributed by atoms with E-state index in [0.717, 1.165) is 11.3 Å². The van der Waals surface area contributed by atoms with E-state index in [1.165, 1.54) is 6.07 Å². The summed E-state index contributed by atoms with van der Waals surface area (Å²) in [7, 11) is 0. The van der Waals surface area contributed by atoms with Crippen LogP contribution >= 0.6 is 0 Å². The third-order valence-electron chi connectivity index (χ3n) is 4.31. The number of nitrogens with one attached hydrogen (secondary N) is 1. The molecule has 0 saturated heterocycles. The average Bonchev–Trinajstić information content (AvgIpc) is 2.72. The molecule has 0 saturated carbocycles. The molecule has 3 aromatic rings. The first kappa shape index (κ1) is 18.6. The second-order valence-electron chi connectivity index (χ2n) is 6.18. The summed E-state index contributed by atoms with van der Waals surface area (Å²) < 4.78 is 13.7. The van der Waals surface area contributed by atoms with Crippen molar-refractivity contribution in [3.05, 3.63) is 95.6 Å². The van der Waals surface area contributed by atoms with Crippen LogP contribution in [0.1, 0.15) is 28.5 Å². The van der Waals surface area contributed by atoms with Gasteiger partial charge in [-0.3, -0.25) is 9.78 Å². The van der Waals surface area contributed by atoms with Crippen LogP contribution in [0.3, 0.4) is 0 Å². The molecule has 0 aliphatic heterocycles. The van der Waals surface area contributed by atoms with Gasteiger partial charge in [0, 0.05) is 37.1 Å². The van der Waals surface area contributed by atoms with Crippen molar-refractivity contribution >= 4 is 11.6 Å². The normalized spacial score (nSPS) is 10.4. The Balaban J connectivity index is 1.70. The predicted octanol–water partition coefficient (Wildman–Crippen LogP) is 4.50. The minimum Gasteiger partial charge on any atom is -0.381 e. The Kier molecular flexibility index (Phi) is 6.15. The molecular formula is C22H22FN3O. The van der Waals surface area contributed by atoms with E-state index < -0.39 is 0 Å². The smallest absolute Gasteiger partial charge is 0.272 e. The van der Waals surface area contributed by atoms with Crippen molar-refractivity contribution in [2.45, 2.75) is 20.0 Å². The summed E-state index contributed by atoms with van der Waals surface area (Å²) in [4.78, 5) is 18.8. The number of hydrogen-bond donors (Lipinski definition) is 1.